The van der Waals surface area contributed by atoms with E-state index in [1.54, 1.807) is 0 Å². The quantitative estimate of drug-likeness (QED) is 0.272. The van der Waals surface area contributed by atoms with E-state index < -0.39 is 18.1 Å². The summed E-state index contributed by atoms with van der Waals surface area (Å²) in [5.74, 6) is -2.83. The van der Waals surface area contributed by atoms with Crippen LogP contribution < -0.4 is 0 Å². The second kappa shape index (κ2) is 2.92. The van der Waals surface area contributed by atoms with Crippen molar-refractivity contribution in [2.75, 3.05) is 0 Å². The molecule has 1 rings (SSSR count). The van der Waals surface area contributed by atoms with Gasteiger partial charge < -0.3 is 9.47 Å². The van der Waals surface area contributed by atoms with Crippen molar-refractivity contribution in [2.45, 2.75) is 6.16 Å². The van der Waals surface area contributed by atoms with Crippen LogP contribution in [0.25, 0.3) is 0 Å². The third kappa shape index (κ3) is 1.98. The molecule has 2 N–H and O–H groups in total. The average molecular weight is 223 g/mol. The van der Waals surface area contributed by atoms with E-state index in [0.29, 0.717) is 0 Å². The number of esters is 2. The zero-order chi connectivity index (χ0) is 7.07. The maximum Gasteiger partial charge on any atom is 0.509 e. The average Bonchev–Trinajstić information content (AvgIpc) is 1.79. The zero-order valence-electron chi connectivity index (χ0n) is 4.60. The Kier molecular flexibility index (Phi) is 2.91. The molecule has 0 aromatic carbocycles. The van der Waals surface area contributed by atoms with Crippen LogP contribution >= 0.6 is 0 Å². The predicted molar refractivity (Wildman–Crippen MR) is 19.4 cm³/mol. The summed E-state index contributed by atoms with van der Waals surface area (Å²) in [6, 6.07) is 0. The van der Waals surface area contributed by atoms with E-state index in [9.17, 15) is 9.59 Å². The molecule has 1 fully saturated rings. The van der Waals surface area contributed by atoms with E-state index in [2.05, 4.69) is 9.47 Å². The largest absolute Gasteiger partial charge is 0.509 e. The summed E-state index contributed by atoms with van der Waals surface area (Å²) in [5, 5.41) is 16.4. The summed E-state index contributed by atoms with van der Waals surface area (Å²) < 4.78 is 7.12. The minimum atomic E-state index is -3.06. The first-order valence-electron chi connectivity index (χ1n) is 1.92. The van der Waals surface area contributed by atoms with E-state index in [-0.39, 0.29) is 32.7 Å². The van der Waals surface area contributed by atoms with E-state index >= 15 is 0 Å². The molecule has 0 aromatic heterocycles. The van der Waals surface area contributed by atoms with Gasteiger partial charge in [0.25, 0.3) is 0 Å². The van der Waals surface area contributed by atoms with E-state index in [4.69, 9.17) is 10.2 Å². The smallest absolute Gasteiger partial charge is 0.365 e. The summed E-state index contributed by atoms with van der Waals surface area (Å²) in [4.78, 5) is 19.9. The molecule has 10 heavy (non-hydrogen) atoms. The van der Waals surface area contributed by atoms with Crippen molar-refractivity contribution in [1.29, 1.82) is 0 Å². The van der Waals surface area contributed by atoms with Crippen LogP contribution in [0.5, 0.6) is 0 Å². The minimum Gasteiger partial charge on any atom is -0.365 e. The van der Waals surface area contributed by atoms with Crippen molar-refractivity contribution in [3.63, 3.8) is 0 Å². The van der Waals surface area contributed by atoms with Gasteiger partial charge in [-0.2, -0.15) is 0 Å². The Hall–Kier alpha value is -0.0361. The molecule has 1 aliphatic rings. The molecule has 53 valence electrons. The Balaban J connectivity index is 0.000000810. The SMILES string of the molecule is O=C1OC(O)(O)OC1=O.[Y]. The molecule has 7 heteroatoms. The fourth-order valence-electron chi connectivity index (χ4n) is 0.346. The summed E-state index contributed by atoms with van der Waals surface area (Å²) in [7, 11) is 0. The predicted octanol–water partition coefficient (Wildman–Crippen LogP) is -2.32. The van der Waals surface area contributed by atoms with Crippen LogP contribution in [0.2, 0.25) is 0 Å². The van der Waals surface area contributed by atoms with Crippen molar-refractivity contribution >= 4 is 11.9 Å². The minimum absolute atomic E-state index is 0. The van der Waals surface area contributed by atoms with Gasteiger partial charge in [0.1, 0.15) is 0 Å². The molecule has 0 amide bonds. The molecule has 0 atom stereocenters. The molecule has 1 heterocycles. The Bertz CT molecular complexity index is 156. The van der Waals surface area contributed by atoms with E-state index in [0.717, 1.165) is 0 Å². The van der Waals surface area contributed by atoms with Gasteiger partial charge in [0.2, 0.25) is 0 Å². The third-order valence-electron chi connectivity index (χ3n) is 0.618. The Morgan fingerprint density at radius 3 is 1.50 bits per heavy atom. The van der Waals surface area contributed by atoms with Gasteiger partial charge in [0.05, 0.1) is 0 Å². The van der Waals surface area contributed by atoms with Crippen molar-refractivity contribution in [1.82, 2.24) is 0 Å². The number of hydrogen-bond donors (Lipinski definition) is 2. The molecular formula is C3H2O6Y. The summed E-state index contributed by atoms with van der Waals surface area (Å²) in [6.07, 6.45) is -3.06. The maximum absolute atomic E-state index is 9.97. The number of ether oxygens (including phenoxy) is 2. The van der Waals surface area contributed by atoms with Crippen molar-refractivity contribution in [2.24, 2.45) is 0 Å². The van der Waals surface area contributed by atoms with Gasteiger partial charge in [0, 0.05) is 32.7 Å². The van der Waals surface area contributed by atoms with Crippen LogP contribution in [0.4, 0.5) is 0 Å². The summed E-state index contributed by atoms with van der Waals surface area (Å²) in [6.45, 7) is 0. The standard InChI is InChI=1S/C3H2O6.Y/c4-1-2(5)9-3(6,7)8-1;/h6-7H;. The first kappa shape index (κ1) is 9.96. The van der Waals surface area contributed by atoms with Crippen molar-refractivity contribution in [3.05, 3.63) is 0 Å². The van der Waals surface area contributed by atoms with Gasteiger partial charge in [-0.25, -0.2) is 9.59 Å². The van der Waals surface area contributed by atoms with E-state index in [1.165, 1.54) is 0 Å². The van der Waals surface area contributed by atoms with Gasteiger partial charge in [0.15, 0.2) is 0 Å². The molecule has 0 saturated carbocycles. The normalized spacial score (nSPS) is 21.0. The first-order chi connectivity index (χ1) is 4.01. The second-order valence-electron chi connectivity index (χ2n) is 1.33. The number of hydrogen-bond acceptors (Lipinski definition) is 6. The molecule has 0 unspecified atom stereocenters. The third-order valence-corrected chi connectivity index (χ3v) is 0.618. The van der Waals surface area contributed by atoms with Gasteiger partial charge in [-0.05, 0) is 0 Å². The Morgan fingerprint density at radius 2 is 1.40 bits per heavy atom. The number of cyclic esters (lactones) is 2. The summed E-state index contributed by atoms with van der Waals surface area (Å²) >= 11 is 0. The molecule has 0 bridgehead atoms. The molecule has 1 saturated heterocycles. The van der Waals surface area contributed by atoms with Crippen molar-refractivity contribution < 1.29 is 62.0 Å². The monoisotopic (exact) mass is 223 g/mol. The maximum atomic E-state index is 9.97. The number of carbonyl (C=O) groups is 2. The molecule has 0 spiro atoms. The molecule has 1 radical (unpaired) electrons. The first-order valence-corrected chi connectivity index (χ1v) is 1.92. The molecular weight excluding hydrogens is 221 g/mol. The molecule has 0 aromatic rings. The second-order valence-corrected chi connectivity index (χ2v) is 1.33. The van der Waals surface area contributed by atoms with Crippen LogP contribution in [-0.2, 0) is 51.8 Å². The van der Waals surface area contributed by atoms with Gasteiger partial charge in [-0.1, -0.05) is 0 Å². The fraction of sp³-hybridized carbons (Fsp3) is 0.333. The van der Waals surface area contributed by atoms with E-state index in [1.807, 2.05) is 0 Å². The number of carbonyl (C=O) groups excluding carboxylic acids is 2. The molecule has 6 nitrogen and oxygen atoms in total. The van der Waals surface area contributed by atoms with Gasteiger partial charge >= 0.3 is 18.1 Å². The van der Waals surface area contributed by atoms with Crippen LogP contribution in [-0.4, -0.2) is 28.3 Å². The summed E-state index contributed by atoms with van der Waals surface area (Å²) in [5.41, 5.74) is 0. The number of rotatable bonds is 0. The van der Waals surface area contributed by atoms with Crippen LogP contribution in [0.3, 0.4) is 0 Å². The van der Waals surface area contributed by atoms with Crippen LogP contribution in [0.1, 0.15) is 0 Å². The van der Waals surface area contributed by atoms with Crippen LogP contribution in [0.15, 0.2) is 0 Å². The van der Waals surface area contributed by atoms with Gasteiger partial charge in [-0.3, -0.25) is 10.2 Å². The fourth-order valence-corrected chi connectivity index (χ4v) is 0.346. The van der Waals surface area contributed by atoms with Crippen molar-refractivity contribution in [3.8, 4) is 0 Å². The topological polar surface area (TPSA) is 93.1 Å². The molecule has 0 aliphatic carbocycles. The zero-order valence-corrected chi connectivity index (χ0v) is 7.44. The Labute approximate surface area is 80.0 Å². The van der Waals surface area contributed by atoms with Gasteiger partial charge in [-0.15, -0.1) is 0 Å². The van der Waals surface area contributed by atoms with Crippen LogP contribution in [0, 0.1) is 0 Å². The number of aliphatic hydroxyl groups is 2. The molecule has 1 aliphatic heterocycles. The Morgan fingerprint density at radius 1 is 1.10 bits per heavy atom.